The Bertz CT molecular complexity index is 1220. The Labute approximate surface area is 271 Å². The summed E-state index contributed by atoms with van der Waals surface area (Å²) in [4.78, 5) is 21.2. The van der Waals surface area contributed by atoms with E-state index >= 15 is 0 Å². The fraction of sp³-hybridized carbons (Fsp3) is 0.606. The molecule has 0 bridgehead atoms. The molecule has 0 radical (unpaired) electrons. The highest BCUT2D eigenvalue weighted by Crippen LogP contribution is 2.27. The van der Waals surface area contributed by atoms with Gasteiger partial charge in [-0.2, -0.15) is 0 Å². The summed E-state index contributed by atoms with van der Waals surface area (Å²) in [7, 11) is 0. The van der Waals surface area contributed by atoms with E-state index in [0.717, 1.165) is 112 Å². The minimum absolute atomic E-state index is 0.0874. The van der Waals surface area contributed by atoms with E-state index in [1.807, 2.05) is 17.0 Å². The second-order valence-electron chi connectivity index (χ2n) is 12.3. The average molecular weight is 646 g/mol. The molecule has 3 fully saturated rings. The quantitative estimate of drug-likeness (QED) is 0.261. The number of carbonyl (C=O) groups excluding carboxylic acids is 1. The number of halogens is 2. The molecule has 0 spiro atoms. The SMILES string of the molecule is CCSc1cc(F)ccc1CN1CCN(C(=O)[C@H](N)C2CCN(CCc3cc(Cl)ccc3NC[C@@H]3CNCCN3)CC2)CC1. The first-order valence-electron chi connectivity index (χ1n) is 16.3. The maximum atomic E-state index is 13.8. The van der Waals surface area contributed by atoms with E-state index in [4.69, 9.17) is 17.3 Å². The number of piperidine rings is 1. The monoisotopic (exact) mass is 645 g/mol. The van der Waals surface area contributed by atoms with Gasteiger partial charge < -0.3 is 31.5 Å². The van der Waals surface area contributed by atoms with E-state index in [0.29, 0.717) is 19.1 Å². The molecule has 2 atom stereocenters. The second-order valence-corrected chi connectivity index (χ2v) is 14.0. The molecular weight excluding hydrogens is 597 g/mol. The van der Waals surface area contributed by atoms with Crippen LogP contribution in [-0.2, 0) is 17.8 Å². The molecular formula is C33H49ClFN7OS. The highest BCUT2D eigenvalue weighted by Gasteiger charge is 2.33. The minimum Gasteiger partial charge on any atom is -0.383 e. The van der Waals surface area contributed by atoms with Crippen molar-refractivity contribution in [3.05, 3.63) is 58.4 Å². The van der Waals surface area contributed by atoms with E-state index in [-0.39, 0.29) is 17.6 Å². The van der Waals surface area contributed by atoms with E-state index in [2.05, 4.69) is 44.8 Å². The number of nitrogens with zero attached hydrogens (tertiary/aromatic N) is 3. The number of thioether (sulfide) groups is 1. The molecule has 2 aromatic rings. The Morgan fingerprint density at radius 1 is 1.07 bits per heavy atom. The number of piperazine rings is 2. The van der Waals surface area contributed by atoms with E-state index in [1.165, 1.54) is 5.56 Å². The Hall–Kier alpha value is -1.92. The van der Waals surface area contributed by atoms with Crippen LogP contribution >= 0.6 is 23.4 Å². The van der Waals surface area contributed by atoms with Gasteiger partial charge in [-0.15, -0.1) is 11.8 Å². The van der Waals surface area contributed by atoms with Gasteiger partial charge in [0.05, 0.1) is 6.04 Å². The minimum atomic E-state index is -0.444. The molecule has 2 aromatic carbocycles. The first kappa shape index (κ1) is 33.4. The van der Waals surface area contributed by atoms with Crippen LogP contribution in [0.5, 0.6) is 0 Å². The van der Waals surface area contributed by atoms with Crippen LogP contribution in [0.4, 0.5) is 10.1 Å². The Morgan fingerprint density at radius 3 is 2.59 bits per heavy atom. The third-order valence-electron chi connectivity index (χ3n) is 9.26. The molecule has 3 aliphatic rings. The topological polar surface area (TPSA) is 88.9 Å². The van der Waals surface area contributed by atoms with Crippen LogP contribution in [0.1, 0.15) is 30.9 Å². The van der Waals surface area contributed by atoms with Crippen molar-refractivity contribution in [1.29, 1.82) is 0 Å². The molecule has 5 rings (SSSR count). The van der Waals surface area contributed by atoms with Crippen molar-refractivity contribution in [2.24, 2.45) is 11.7 Å². The molecule has 8 nitrogen and oxygen atoms in total. The zero-order valence-electron chi connectivity index (χ0n) is 26.0. The standard InChI is InChI=1S/C33H49ClFN7OS/c1-2-44-31-20-28(35)5-3-26(31)23-41-15-17-42(18-16-41)33(43)32(36)24-7-12-40(13-8-24)14-9-25-19-27(34)4-6-30(25)39-22-29-21-37-10-11-38-29/h3-6,19-20,24,29,32,37-39H,2,7-18,21-23,36H2,1H3/t29-,32+/m0/s1. The first-order chi connectivity index (χ1) is 21.4. The summed E-state index contributed by atoms with van der Waals surface area (Å²) in [5.74, 6) is 1.02. The largest absolute Gasteiger partial charge is 0.383 e. The van der Waals surface area contributed by atoms with Crippen LogP contribution in [-0.4, -0.2) is 110 Å². The van der Waals surface area contributed by atoms with Crippen molar-refractivity contribution in [2.45, 2.75) is 49.7 Å². The Balaban J connectivity index is 1.04. The van der Waals surface area contributed by atoms with Gasteiger partial charge in [-0.05, 0) is 85.5 Å². The lowest BCUT2D eigenvalue weighted by Crippen LogP contribution is -2.55. The van der Waals surface area contributed by atoms with Gasteiger partial charge >= 0.3 is 0 Å². The number of rotatable bonds is 12. The zero-order valence-corrected chi connectivity index (χ0v) is 27.6. The molecule has 3 saturated heterocycles. The lowest BCUT2D eigenvalue weighted by molar-refractivity contribution is -0.136. The zero-order chi connectivity index (χ0) is 30.9. The smallest absolute Gasteiger partial charge is 0.239 e. The predicted octanol–water partition coefficient (Wildman–Crippen LogP) is 3.49. The summed E-state index contributed by atoms with van der Waals surface area (Å²) in [6.07, 6.45) is 2.81. The van der Waals surface area contributed by atoms with E-state index in [9.17, 15) is 9.18 Å². The van der Waals surface area contributed by atoms with Gasteiger partial charge in [-0.1, -0.05) is 24.6 Å². The molecule has 1 amide bonds. The predicted molar refractivity (Wildman–Crippen MR) is 180 cm³/mol. The maximum absolute atomic E-state index is 13.8. The Morgan fingerprint density at radius 2 is 1.86 bits per heavy atom. The molecule has 11 heteroatoms. The summed E-state index contributed by atoms with van der Waals surface area (Å²) < 4.78 is 13.8. The second kappa shape index (κ2) is 16.6. The van der Waals surface area contributed by atoms with Crippen molar-refractivity contribution in [3.8, 4) is 0 Å². The third-order valence-corrected chi connectivity index (χ3v) is 10.5. The van der Waals surface area contributed by atoms with Gasteiger partial charge in [0.25, 0.3) is 0 Å². The summed E-state index contributed by atoms with van der Waals surface area (Å²) >= 11 is 8.05. The van der Waals surface area contributed by atoms with E-state index in [1.54, 1.807) is 23.9 Å². The van der Waals surface area contributed by atoms with Gasteiger partial charge in [0.15, 0.2) is 0 Å². The van der Waals surface area contributed by atoms with Crippen molar-refractivity contribution < 1.29 is 9.18 Å². The molecule has 5 N–H and O–H groups in total. The number of likely N-dealkylation sites (tertiary alicyclic amines) is 1. The Kier molecular flexibility index (Phi) is 12.6. The van der Waals surface area contributed by atoms with Crippen LogP contribution in [0.25, 0.3) is 0 Å². The number of nitrogens with one attached hydrogen (secondary N) is 3. The average Bonchev–Trinajstić information content (AvgIpc) is 3.05. The highest BCUT2D eigenvalue weighted by atomic mass is 35.5. The van der Waals surface area contributed by atoms with Crippen molar-refractivity contribution in [1.82, 2.24) is 25.3 Å². The van der Waals surface area contributed by atoms with Crippen molar-refractivity contribution in [3.63, 3.8) is 0 Å². The van der Waals surface area contributed by atoms with Gasteiger partial charge in [0, 0.05) is 87.1 Å². The van der Waals surface area contributed by atoms with Gasteiger partial charge in [-0.3, -0.25) is 9.69 Å². The molecule has 0 unspecified atom stereocenters. The van der Waals surface area contributed by atoms with Crippen LogP contribution in [0.2, 0.25) is 5.02 Å². The van der Waals surface area contributed by atoms with Gasteiger partial charge in [0.2, 0.25) is 5.91 Å². The van der Waals surface area contributed by atoms with Crippen LogP contribution in [0.15, 0.2) is 41.3 Å². The number of anilines is 1. The van der Waals surface area contributed by atoms with Crippen LogP contribution < -0.4 is 21.7 Å². The number of hydrogen-bond donors (Lipinski definition) is 4. The lowest BCUT2D eigenvalue weighted by Gasteiger charge is -2.39. The fourth-order valence-corrected chi connectivity index (χ4v) is 7.59. The first-order valence-corrected chi connectivity index (χ1v) is 17.6. The fourth-order valence-electron chi connectivity index (χ4n) is 6.58. The highest BCUT2D eigenvalue weighted by molar-refractivity contribution is 7.99. The summed E-state index contributed by atoms with van der Waals surface area (Å²) in [5, 5.41) is 11.4. The molecule has 3 heterocycles. The van der Waals surface area contributed by atoms with Crippen LogP contribution in [0.3, 0.4) is 0 Å². The van der Waals surface area contributed by atoms with Crippen molar-refractivity contribution >= 4 is 35.0 Å². The third kappa shape index (κ3) is 9.31. The number of carbonyl (C=O) groups is 1. The summed E-state index contributed by atoms with van der Waals surface area (Å²) in [5.41, 5.74) is 10.1. The van der Waals surface area contributed by atoms with Crippen molar-refractivity contribution in [2.75, 3.05) is 83.1 Å². The van der Waals surface area contributed by atoms with Crippen LogP contribution in [0, 0.1) is 11.7 Å². The number of benzene rings is 2. The molecule has 242 valence electrons. The molecule has 0 saturated carbocycles. The number of nitrogens with two attached hydrogens (primary N) is 1. The number of amides is 1. The number of hydrogen-bond acceptors (Lipinski definition) is 8. The molecule has 0 aliphatic carbocycles. The van der Waals surface area contributed by atoms with Gasteiger partial charge in [0.1, 0.15) is 5.82 Å². The summed E-state index contributed by atoms with van der Waals surface area (Å²) in [6.45, 7) is 12.6. The normalized spacial score (nSPS) is 21.4. The summed E-state index contributed by atoms with van der Waals surface area (Å²) in [6, 6.07) is 11.2. The maximum Gasteiger partial charge on any atom is 0.239 e. The van der Waals surface area contributed by atoms with Gasteiger partial charge in [-0.25, -0.2) is 4.39 Å². The van der Waals surface area contributed by atoms with E-state index < -0.39 is 6.04 Å². The molecule has 44 heavy (non-hydrogen) atoms. The lowest BCUT2D eigenvalue weighted by atomic mass is 9.88. The molecule has 0 aromatic heterocycles. The molecule has 3 aliphatic heterocycles.